The fraction of sp³-hybridized carbons (Fsp3) is 0.455. The molecule has 0 aliphatic heterocycles. The van der Waals surface area contributed by atoms with Crippen molar-refractivity contribution in [1.82, 2.24) is 0 Å². The molecule has 1 aromatic carbocycles. The molecule has 1 aliphatic carbocycles. The van der Waals surface area contributed by atoms with Crippen molar-refractivity contribution < 1.29 is 27.1 Å². The zero-order valence-corrected chi connectivity index (χ0v) is 8.51. The van der Waals surface area contributed by atoms with Crippen molar-refractivity contribution in [2.45, 2.75) is 18.0 Å². The van der Waals surface area contributed by atoms with Crippen molar-refractivity contribution in [3.63, 3.8) is 0 Å². The highest BCUT2D eigenvalue weighted by molar-refractivity contribution is 5.36. The second-order valence-corrected chi connectivity index (χ2v) is 4.06. The van der Waals surface area contributed by atoms with Crippen molar-refractivity contribution in [1.29, 1.82) is 0 Å². The lowest BCUT2D eigenvalue weighted by Crippen LogP contribution is -2.05. The molecule has 94 valence electrons. The van der Waals surface area contributed by atoms with E-state index in [1.54, 1.807) is 0 Å². The second-order valence-electron chi connectivity index (χ2n) is 4.06. The summed E-state index contributed by atoms with van der Waals surface area (Å²) < 4.78 is 63.4. The van der Waals surface area contributed by atoms with Gasteiger partial charge in [0.05, 0.1) is 24.0 Å². The molecule has 1 aromatic rings. The normalized spacial score (nSPS) is 26.9. The molecule has 0 bridgehead atoms. The van der Waals surface area contributed by atoms with E-state index >= 15 is 0 Å². The van der Waals surface area contributed by atoms with Crippen LogP contribution in [0.2, 0.25) is 0 Å². The molecular formula is C11H9F5O. The second kappa shape index (κ2) is 3.66. The SMILES string of the molecule is OC[C@@H]1[C@@H](c2cccc(C(F)(F)F)c2)C1(F)F. The highest BCUT2D eigenvalue weighted by atomic mass is 19.4. The Morgan fingerprint density at radius 3 is 2.35 bits per heavy atom. The van der Waals surface area contributed by atoms with E-state index < -0.39 is 36.1 Å². The van der Waals surface area contributed by atoms with E-state index in [2.05, 4.69) is 0 Å². The molecular weight excluding hydrogens is 243 g/mol. The van der Waals surface area contributed by atoms with Crippen LogP contribution in [0.5, 0.6) is 0 Å². The number of alkyl halides is 5. The van der Waals surface area contributed by atoms with Crippen LogP contribution in [-0.4, -0.2) is 17.6 Å². The van der Waals surface area contributed by atoms with Gasteiger partial charge in [-0.1, -0.05) is 18.2 Å². The molecule has 0 amide bonds. The van der Waals surface area contributed by atoms with Crippen molar-refractivity contribution in [3.05, 3.63) is 35.4 Å². The predicted molar refractivity (Wildman–Crippen MR) is 49.7 cm³/mol. The first-order valence-corrected chi connectivity index (χ1v) is 4.94. The molecule has 0 radical (unpaired) electrons. The molecule has 1 aliphatic rings. The number of aliphatic hydroxyl groups is 1. The van der Waals surface area contributed by atoms with Crippen LogP contribution >= 0.6 is 0 Å². The minimum Gasteiger partial charge on any atom is -0.396 e. The van der Waals surface area contributed by atoms with Gasteiger partial charge in [0.15, 0.2) is 0 Å². The van der Waals surface area contributed by atoms with E-state index in [-0.39, 0.29) is 5.56 Å². The number of aliphatic hydroxyl groups excluding tert-OH is 1. The molecule has 1 fully saturated rings. The Balaban J connectivity index is 2.30. The van der Waals surface area contributed by atoms with Crippen molar-refractivity contribution >= 4 is 0 Å². The molecule has 1 nitrogen and oxygen atoms in total. The summed E-state index contributed by atoms with van der Waals surface area (Å²) in [7, 11) is 0. The van der Waals surface area contributed by atoms with Crippen LogP contribution in [0.1, 0.15) is 17.0 Å². The fourth-order valence-electron chi connectivity index (χ4n) is 1.98. The summed E-state index contributed by atoms with van der Waals surface area (Å²) in [6.45, 7) is -0.728. The van der Waals surface area contributed by atoms with Gasteiger partial charge in [-0.15, -0.1) is 0 Å². The van der Waals surface area contributed by atoms with Gasteiger partial charge in [-0.3, -0.25) is 0 Å². The Morgan fingerprint density at radius 1 is 1.24 bits per heavy atom. The zero-order chi connectivity index (χ0) is 12.8. The van der Waals surface area contributed by atoms with Gasteiger partial charge >= 0.3 is 6.18 Å². The molecule has 2 atom stereocenters. The number of rotatable bonds is 2. The average Bonchev–Trinajstić information content (AvgIpc) is 2.79. The molecule has 1 saturated carbocycles. The zero-order valence-electron chi connectivity index (χ0n) is 8.51. The number of hydrogen-bond donors (Lipinski definition) is 1. The first kappa shape index (κ1) is 12.3. The summed E-state index contributed by atoms with van der Waals surface area (Å²) in [5.41, 5.74) is -1.03. The third-order valence-electron chi connectivity index (χ3n) is 2.97. The molecule has 0 aromatic heterocycles. The third-order valence-corrected chi connectivity index (χ3v) is 2.97. The Kier molecular flexibility index (Phi) is 2.65. The Labute approximate surface area is 93.9 Å². The lowest BCUT2D eigenvalue weighted by molar-refractivity contribution is -0.137. The van der Waals surface area contributed by atoms with E-state index in [9.17, 15) is 22.0 Å². The van der Waals surface area contributed by atoms with E-state index in [1.807, 2.05) is 0 Å². The topological polar surface area (TPSA) is 20.2 Å². The summed E-state index contributed by atoms with van der Waals surface area (Å²) in [5.74, 6) is -5.69. The largest absolute Gasteiger partial charge is 0.416 e. The van der Waals surface area contributed by atoms with E-state index in [0.29, 0.717) is 6.07 Å². The number of benzene rings is 1. The maximum Gasteiger partial charge on any atom is 0.416 e. The van der Waals surface area contributed by atoms with Crippen LogP contribution in [0.4, 0.5) is 22.0 Å². The minimum absolute atomic E-state index is 0.0797. The standard InChI is InChI=1S/C11H9F5O/c12-10(13)8(5-17)9(10)6-2-1-3-7(4-6)11(14,15)16/h1-4,8-9,17H,5H2/t8-,9-/m1/s1. The number of hydrogen-bond acceptors (Lipinski definition) is 1. The summed E-state index contributed by atoms with van der Waals surface area (Å²) in [5, 5.41) is 8.70. The van der Waals surface area contributed by atoms with Crippen molar-refractivity contribution in [3.8, 4) is 0 Å². The van der Waals surface area contributed by atoms with Gasteiger partial charge in [0.25, 0.3) is 5.92 Å². The van der Waals surface area contributed by atoms with Crippen LogP contribution in [-0.2, 0) is 6.18 Å². The molecule has 1 N–H and O–H groups in total. The Morgan fingerprint density at radius 2 is 1.88 bits per heavy atom. The van der Waals surface area contributed by atoms with Crippen molar-refractivity contribution in [2.75, 3.05) is 6.61 Å². The predicted octanol–water partition coefficient (Wildman–Crippen LogP) is 3.05. The maximum absolute atomic E-state index is 13.1. The highest BCUT2D eigenvalue weighted by Crippen LogP contribution is 2.61. The quantitative estimate of drug-likeness (QED) is 0.802. The third kappa shape index (κ3) is 2.01. The molecule has 0 spiro atoms. The summed E-state index contributed by atoms with van der Waals surface area (Å²) in [6, 6.07) is 3.87. The van der Waals surface area contributed by atoms with Gasteiger partial charge in [0, 0.05) is 0 Å². The van der Waals surface area contributed by atoms with Gasteiger partial charge in [0.1, 0.15) is 0 Å². The first-order valence-electron chi connectivity index (χ1n) is 4.94. The maximum atomic E-state index is 13.1. The van der Waals surface area contributed by atoms with E-state index in [1.165, 1.54) is 6.07 Å². The summed E-state index contributed by atoms with van der Waals surface area (Å²) in [4.78, 5) is 0. The molecule has 6 heteroatoms. The van der Waals surface area contributed by atoms with Gasteiger partial charge in [-0.05, 0) is 11.6 Å². The molecule has 0 heterocycles. The van der Waals surface area contributed by atoms with Crippen LogP contribution in [0.25, 0.3) is 0 Å². The van der Waals surface area contributed by atoms with Gasteiger partial charge in [0.2, 0.25) is 0 Å². The fourth-order valence-corrected chi connectivity index (χ4v) is 1.98. The van der Waals surface area contributed by atoms with Gasteiger partial charge in [-0.2, -0.15) is 13.2 Å². The monoisotopic (exact) mass is 252 g/mol. The lowest BCUT2D eigenvalue weighted by atomic mass is 10.1. The van der Waals surface area contributed by atoms with Gasteiger partial charge in [-0.25, -0.2) is 8.78 Å². The molecule has 0 saturated heterocycles. The summed E-state index contributed by atoms with van der Waals surface area (Å²) >= 11 is 0. The highest BCUT2D eigenvalue weighted by Gasteiger charge is 2.68. The molecule has 0 unspecified atom stereocenters. The van der Waals surface area contributed by atoms with Crippen LogP contribution < -0.4 is 0 Å². The molecule has 2 rings (SSSR count). The van der Waals surface area contributed by atoms with E-state index in [0.717, 1.165) is 12.1 Å². The van der Waals surface area contributed by atoms with Gasteiger partial charge < -0.3 is 5.11 Å². The first-order chi connectivity index (χ1) is 7.78. The van der Waals surface area contributed by atoms with Crippen LogP contribution in [0.15, 0.2) is 24.3 Å². The van der Waals surface area contributed by atoms with Crippen LogP contribution in [0, 0.1) is 5.92 Å². The van der Waals surface area contributed by atoms with E-state index in [4.69, 9.17) is 5.11 Å². The smallest absolute Gasteiger partial charge is 0.396 e. The lowest BCUT2D eigenvalue weighted by Gasteiger charge is -2.08. The average molecular weight is 252 g/mol. The minimum atomic E-state index is -4.55. The molecule has 17 heavy (non-hydrogen) atoms. The summed E-state index contributed by atoms with van der Waals surface area (Å²) in [6.07, 6.45) is -4.55. The number of halogens is 5. The van der Waals surface area contributed by atoms with Crippen LogP contribution in [0.3, 0.4) is 0 Å². The Hall–Kier alpha value is -1.17. The van der Waals surface area contributed by atoms with Crippen molar-refractivity contribution in [2.24, 2.45) is 5.92 Å². The Bertz CT molecular complexity index is 426.